The summed E-state index contributed by atoms with van der Waals surface area (Å²) in [6.45, 7) is 0. The Morgan fingerprint density at radius 2 is 2.28 bits per heavy atom. The molecule has 132 valence electrons. The number of rotatable bonds is 4. The molecule has 0 radical (unpaired) electrons. The van der Waals surface area contributed by atoms with Crippen LogP contribution in [0.25, 0.3) is 0 Å². The molecule has 2 aliphatic rings. The Kier molecular flexibility index (Phi) is 3.99. The minimum atomic E-state index is -0.733. The summed E-state index contributed by atoms with van der Waals surface area (Å²) in [6.07, 6.45) is 2.78. The monoisotopic (exact) mass is 378 g/mol. The fraction of sp³-hybridized carbons (Fsp3) is 0.500. The van der Waals surface area contributed by atoms with Crippen molar-refractivity contribution in [2.24, 2.45) is 5.41 Å². The van der Waals surface area contributed by atoms with Crippen molar-refractivity contribution in [3.8, 4) is 0 Å². The minimum absolute atomic E-state index is 0.0261. The number of carbonyl (C=O) groups excluding carboxylic acids is 2. The van der Waals surface area contributed by atoms with Gasteiger partial charge in [-0.2, -0.15) is 0 Å². The number of hydrogen-bond acceptors (Lipinski definition) is 8. The first-order chi connectivity index (χ1) is 12.0. The summed E-state index contributed by atoms with van der Waals surface area (Å²) in [6, 6.07) is -0.166. The largest absolute Gasteiger partial charge is 0.469 e. The van der Waals surface area contributed by atoms with Crippen LogP contribution < -0.4 is 5.73 Å². The maximum absolute atomic E-state index is 13.0. The van der Waals surface area contributed by atoms with Gasteiger partial charge in [0.05, 0.1) is 23.7 Å². The highest BCUT2D eigenvalue weighted by Crippen LogP contribution is 2.52. The van der Waals surface area contributed by atoms with E-state index in [1.165, 1.54) is 29.8 Å². The fourth-order valence-electron chi connectivity index (χ4n) is 4.34. The van der Waals surface area contributed by atoms with Crippen LogP contribution in [0.3, 0.4) is 0 Å². The van der Waals surface area contributed by atoms with Gasteiger partial charge < -0.3 is 15.4 Å². The van der Waals surface area contributed by atoms with Gasteiger partial charge in [-0.25, -0.2) is 9.97 Å². The summed E-state index contributed by atoms with van der Waals surface area (Å²) in [7, 11) is 1.41. The van der Waals surface area contributed by atoms with Crippen molar-refractivity contribution < 1.29 is 14.3 Å². The topological polar surface area (TPSA) is 98.4 Å². The van der Waals surface area contributed by atoms with Crippen LogP contribution >= 0.6 is 22.7 Å². The van der Waals surface area contributed by atoms with Gasteiger partial charge in [-0.15, -0.1) is 22.7 Å². The summed E-state index contributed by atoms with van der Waals surface area (Å²) in [5, 5.41) is 4.00. The molecule has 0 saturated carbocycles. The van der Waals surface area contributed by atoms with Gasteiger partial charge in [0.2, 0.25) is 0 Å². The molecule has 0 unspecified atom stereocenters. The third-order valence-electron chi connectivity index (χ3n) is 5.29. The van der Waals surface area contributed by atoms with Gasteiger partial charge in [-0.05, 0) is 19.3 Å². The number of amides is 1. The third kappa shape index (κ3) is 2.53. The molecule has 2 aliphatic heterocycles. The lowest BCUT2D eigenvalue weighted by atomic mass is 9.71. The van der Waals surface area contributed by atoms with E-state index >= 15 is 0 Å². The van der Waals surface area contributed by atoms with Gasteiger partial charge in [-0.1, -0.05) is 0 Å². The molecule has 9 heteroatoms. The molecule has 2 aromatic heterocycles. The minimum Gasteiger partial charge on any atom is -0.469 e. The molecule has 2 aromatic rings. The quantitative estimate of drug-likeness (QED) is 0.817. The Hall–Kier alpha value is -2.00. The Morgan fingerprint density at radius 1 is 1.44 bits per heavy atom. The van der Waals surface area contributed by atoms with Crippen molar-refractivity contribution in [2.75, 3.05) is 12.8 Å². The maximum Gasteiger partial charge on any atom is 0.314 e. The van der Waals surface area contributed by atoms with Gasteiger partial charge in [-0.3, -0.25) is 9.59 Å². The predicted molar refractivity (Wildman–Crippen MR) is 94.4 cm³/mol. The third-order valence-corrected chi connectivity index (χ3v) is 6.60. The number of esters is 1. The molecule has 3 atom stereocenters. The molecule has 4 heterocycles. The van der Waals surface area contributed by atoms with E-state index in [9.17, 15) is 9.59 Å². The Morgan fingerprint density at radius 3 is 2.92 bits per heavy atom. The highest BCUT2D eigenvalue weighted by atomic mass is 32.1. The van der Waals surface area contributed by atoms with E-state index < -0.39 is 5.41 Å². The summed E-state index contributed by atoms with van der Waals surface area (Å²) in [4.78, 5) is 36.0. The summed E-state index contributed by atoms with van der Waals surface area (Å²) >= 11 is 2.75. The number of carbonyl (C=O) groups is 2. The number of nitrogen functional groups attached to an aromatic ring is 1. The molecule has 0 aromatic carbocycles. The smallest absolute Gasteiger partial charge is 0.314 e. The molecule has 4 rings (SSSR count). The lowest BCUT2D eigenvalue weighted by Gasteiger charge is -2.34. The summed E-state index contributed by atoms with van der Waals surface area (Å²) < 4.78 is 5.14. The van der Waals surface area contributed by atoms with Crippen LogP contribution in [0.1, 0.15) is 35.4 Å². The zero-order chi connectivity index (χ0) is 17.6. The molecule has 1 amide bonds. The van der Waals surface area contributed by atoms with Crippen molar-refractivity contribution in [3.05, 3.63) is 27.7 Å². The number of aromatic nitrogens is 2. The number of ether oxygens (including phenoxy) is 1. The normalized spacial score (nSPS) is 27.6. The molecule has 2 N–H and O–H groups in total. The number of anilines is 1. The molecule has 2 fully saturated rings. The van der Waals surface area contributed by atoms with E-state index in [1.807, 2.05) is 10.3 Å². The first kappa shape index (κ1) is 16.5. The van der Waals surface area contributed by atoms with E-state index in [-0.39, 0.29) is 24.0 Å². The average Bonchev–Trinajstić information content (AvgIpc) is 3.37. The second-order valence-corrected chi connectivity index (χ2v) is 8.15. The van der Waals surface area contributed by atoms with E-state index in [1.54, 1.807) is 10.9 Å². The van der Waals surface area contributed by atoms with Crippen LogP contribution in [0.5, 0.6) is 0 Å². The van der Waals surface area contributed by atoms with E-state index in [0.29, 0.717) is 23.7 Å². The summed E-state index contributed by atoms with van der Waals surface area (Å²) in [5.41, 5.74) is 7.92. The molecule has 2 saturated heterocycles. The highest BCUT2D eigenvalue weighted by molar-refractivity contribution is 7.13. The van der Waals surface area contributed by atoms with Crippen LogP contribution in [-0.4, -0.2) is 45.9 Å². The van der Waals surface area contributed by atoms with Gasteiger partial charge in [0, 0.05) is 29.3 Å². The van der Waals surface area contributed by atoms with Gasteiger partial charge in [0.15, 0.2) is 5.13 Å². The molecular formula is C16H18N4O3S2. The Bertz CT molecular complexity index is 806. The van der Waals surface area contributed by atoms with E-state index in [4.69, 9.17) is 10.5 Å². The van der Waals surface area contributed by atoms with Crippen LogP contribution in [-0.2, 0) is 16.0 Å². The fourth-order valence-corrected chi connectivity index (χ4v) is 5.44. The Labute approximate surface area is 152 Å². The van der Waals surface area contributed by atoms with Crippen LogP contribution in [0, 0.1) is 5.41 Å². The molecule has 2 bridgehead atoms. The first-order valence-corrected chi connectivity index (χ1v) is 9.86. The number of hydrogen-bond donors (Lipinski definition) is 1. The van der Waals surface area contributed by atoms with Crippen molar-refractivity contribution >= 4 is 39.7 Å². The predicted octanol–water partition coefficient (Wildman–Crippen LogP) is 1.96. The first-order valence-electron chi connectivity index (χ1n) is 8.04. The van der Waals surface area contributed by atoms with Gasteiger partial charge >= 0.3 is 5.97 Å². The number of nitrogens with zero attached hydrogens (tertiary/aromatic N) is 3. The number of thiazole rings is 2. The zero-order valence-corrected chi connectivity index (χ0v) is 15.3. The molecule has 25 heavy (non-hydrogen) atoms. The molecular weight excluding hydrogens is 360 g/mol. The summed E-state index contributed by atoms with van der Waals surface area (Å²) in [5.74, 6) is -0.409. The lowest BCUT2D eigenvalue weighted by Crippen LogP contribution is -2.47. The maximum atomic E-state index is 13.0. The average molecular weight is 378 g/mol. The van der Waals surface area contributed by atoms with E-state index in [2.05, 4.69) is 9.97 Å². The zero-order valence-electron chi connectivity index (χ0n) is 13.7. The second-order valence-electron chi connectivity index (χ2n) is 6.54. The van der Waals surface area contributed by atoms with Crippen LogP contribution in [0.2, 0.25) is 0 Å². The SMILES string of the molecule is COC(=O)[C@@]1(Cc2cscn2)C[C@H]2CC[C@@H]1N2C(=O)c1csc(N)n1. The molecule has 0 spiro atoms. The van der Waals surface area contributed by atoms with E-state index in [0.717, 1.165) is 18.5 Å². The lowest BCUT2D eigenvalue weighted by molar-refractivity contribution is -0.154. The van der Waals surface area contributed by atoms with Crippen molar-refractivity contribution in [1.29, 1.82) is 0 Å². The highest BCUT2D eigenvalue weighted by Gasteiger charge is 2.62. The molecule has 0 aliphatic carbocycles. The molecule has 7 nitrogen and oxygen atoms in total. The number of methoxy groups -OCH3 is 1. The number of fused-ring (bicyclic) bond motifs is 2. The van der Waals surface area contributed by atoms with Crippen molar-refractivity contribution in [3.63, 3.8) is 0 Å². The number of nitrogens with two attached hydrogens (primary N) is 1. The van der Waals surface area contributed by atoms with Crippen LogP contribution in [0.15, 0.2) is 16.3 Å². The van der Waals surface area contributed by atoms with Crippen molar-refractivity contribution in [1.82, 2.24) is 14.9 Å². The van der Waals surface area contributed by atoms with Crippen molar-refractivity contribution in [2.45, 2.75) is 37.8 Å². The van der Waals surface area contributed by atoms with Gasteiger partial charge in [0.1, 0.15) is 5.69 Å². The standard InChI is InChI=1S/C16H18N4O3S2/c1-23-14(22)16(4-9-6-24-8-18-9)5-10-2-3-12(16)20(10)13(21)11-7-25-15(17)19-11/h6-8,10,12H,2-5H2,1H3,(H2,17,19)/t10-,12+,16+/m1/s1. The second kappa shape index (κ2) is 6.06. The Balaban J connectivity index is 1.68. The van der Waals surface area contributed by atoms with Gasteiger partial charge in [0.25, 0.3) is 5.91 Å². The van der Waals surface area contributed by atoms with Crippen LogP contribution in [0.4, 0.5) is 5.13 Å².